The Balaban J connectivity index is 3.18. The Labute approximate surface area is 86.8 Å². The molecule has 1 rings (SSSR count). The molecule has 0 atom stereocenters. The number of carbonyl (C=O) groups excluding carboxylic acids is 1. The fraction of sp³-hybridized carbons (Fsp3) is 0.500. The zero-order valence-electron chi connectivity index (χ0n) is 8.87. The Morgan fingerprint density at radius 1 is 1.47 bits per heavy atom. The normalized spacial score (nSPS) is 10.3. The summed E-state index contributed by atoms with van der Waals surface area (Å²) in [6, 6.07) is 0. The van der Waals surface area contributed by atoms with Gasteiger partial charge in [0.05, 0.1) is 5.56 Å². The van der Waals surface area contributed by atoms with E-state index in [1.807, 2.05) is 6.92 Å². The number of nitrogens with one attached hydrogen (secondary N) is 1. The molecule has 0 amide bonds. The molecule has 0 aliphatic rings. The third-order valence-electron chi connectivity index (χ3n) is 2.14. The van der Waals surface area contributed by atoms with E-state index in [4.69, 9.17) is 0 Å². The van der Waals surface area contributed by atoms with Crippen LogP contribution in [0.1, 0.15) is 37.0 Å². The molecule has 1 heterocycles. The van der Waals surface area contributed by atoms with Gasteiger partial charge >= 0.3 is 5.69 Å². The first-order valence-corrected chi connectivity index (χ1v) is 4.91. The molecule has 0 unspecified atom stereocenters. The van der Waals surface area contributed by atoms with Crippen LogP contribution in [0.15, 0.2) is 15.8 Å². The van der Waals surface area contributed by atoms with Gasteiger partial charge in [-0.1, -0.05) is 13.3 Å². The molecule has 0 radical (unpaired) electrons. The topological polar surface area (TPSA) is 71.9 Å². The van der Waals surface area contributed by atoms with E-state index in [2.05, 4.69) is 4.98 Å². The predicted molar refractivity (Wildman–Crippen MR) is 56.2 cm³/mol. The second-order valence-corrected chi connectivity index (χ2v) is 3.41. The first-order chi connectivity index (χ1) is 7.06. The Kier molecular flexibility index (Phi) is 3.60. The van der Waals surface area contributed by atoms with E-state index >= 15 is 0 Å². The van der Waals surface area contributed by atoms with Gasteiger partial charge in [0.1, 0.15) is 0 Å². The van der Waals surface area contributed by atoms with Crippen molar-refractivity contribution < 1.29 is 4.79 Å². The van der Waals surface area contributed by atoms with Crippen molar-refractivity contribution in [3.8, 4) is 0 Å². The molecule has 0 fully saturated rings. The molecule has 5 heteroatoms. The quantitative estimate of drug-likeness (QED) is 0.737. The van der Waals surface area contributed by atoms with Gasteiger partial charge < -0.3 is 0 Å². The second kappa shape index (κ2) is 4.72. The van der Waals surface area contributed by atoms with Crippen molar-refractivity contribution in [3.05, 3.63) is 32.6 Å². The number of ketones is 1. The average Bonchev–Trinajstić information content (AvgIpc) is 2.16. The highest BCUT2D eigenvalue weighted by molar-refractivity contribution is 5.93. The minimum atomic E-state index is -0.611. The van der Waals surface area contributed by atoms with E-state index in [1.165, 1.54) is 17.7 Å². The zero-order chi connectivity index (χ0) is 11.4. The molecule has 15 heavy (non-hydrogen) atoms. The molecule has 0 aliphatic carbocycles. The van der Waals surface area contributed by atoms with Crippen LogP contribution in [0.4, 0.5) is 0 Å². The first-order valence-electron chi connectivity index (χ1n) is 4.91. The number of aryl methyl sites for hydroxylation is 1. The monoisotopic (exact) mass is 210 g/mol. The number of aromatic nitrogens is 2. The Bertz CT molecular complexity index is 470. The molecule has 1 N–H and O–H groups in total. The third kappa shape index (κ3) is 2.65. The molecule has 82 valence electrons. The van der Waals surface area contributed by atoms with Crippen molar-refractivity contribution >= 4 is 5.78 Å². The maximum Gasteiger partial charge on any atom is 0.328 e. The van der Waals surface area contributed by atoms with Crippen molar-refractivity contribution in [1.82, 2.24) is 9.55 Å². The van der Waals surface area contributed by atoms with Crippen LogP contribution >= 0.6 is 0 Å². The van der Waals surface area contributed by atoms with E-state index < -0.39 is 11.2 Å². The number of rotatable bonds is 4. The van der Waals surface area contributed by atoms with Gasteiger partial charge in [-0.25, -0.2) is 4.79 Å². The van der Waals surface area contributed by atoms with Crippen LogP contribution in [0.3, 0.4) is 0 Å². The van der Waals surface area contributed by atoms with Crippen molar-refractivity contribution in [3.63, 3.8) is 0 Å². The first kappa shape index (κ1) is 11.4. The number of nitrogens with zero attached hydrogens (tertiary/aromatic N) is 1. The van der Waals surface area contributed by atoms with Gasteiger partial charge in [0.25, 0.3) is 5.56 Å². The SMILES string of the molecule is CCCCn1cc(C(C)=O)c(=O)[nH]c1=O. The molecule has 0 aliphatic heterocycles. The number of Topliss-reactive ketones (excluding diaryl/α,β-unsaturated/α-hetero) is 1. The van der Waals surface area contributed by atoms with Crippen LogP contribution in [0.5, 0.6) is 0 Å². The summed E-state index contributed by atoms with van der Waals surface area (Å²) in [5, 5.41) is 0. The molecule has 0 saturated carbocycles. The zero-order valence-corrected chi connectivity index (χ0v) is 8.87. The molecule has 0 spiro atoms. The smallest absolute Gasteiger partial charge is 0.300 e. The van der Waals surface area contributed by atoms with Gasteiger partial charge in [0.15, 0.2) is 5.78 Å². The van der Waals surface area contributed by atoms with E-state index in [0.717, 1.165) is 12.8 Å². The summed E-state index contributed by atoms with van der Waals surface area (Å²) in [6.07, 6.45) is 3.11. The number of unbranched alkanes of at least 4 members (excludes halogenated alkanes) is 1. The molecule has 5 nitrogen and oxygen atoms in total. The lowest BCUT2D eigenvalue weighted by Gasteiger charge is -2.04. The van der Waals surface area contributed by atoms with Gasteiger partial charge in [-0.05, 0) is 13.3 Å². The predicted octanol–water partition coefficient (Wildman–Crippen LogP) is 0.539. The maximum atomic E-state index is 11.3. The van der Waals surface area contributed by atoms with Crippen LogP contribution in [-0.2, 0) is 6.54 Å². The fourth-order valence-electron chi connectivity index (χ4n) is 1.25. The van der Waals surface area contributed by atoms with E-state index in [-0.39, 0.29) is 11.3 Å². The molecular formula is C10H14N2O3. The summed E-state index contributed by atoms with van der Waals surface area (Å²) in [5.41, 5.74) is -1.04. The van der Waals surface area contributed by atoms with Crippen molar-refractivity contribution in [2.24, 2.45) is 0 Å². The van der Waals surface area contributed by atoms with Crippen molar-refractivity contribution in [1.29, 1.82) is 0 Å². The van der Waals surface area contributed by atoms with Crippen LogP contribution in [0, 0.1) is 0 Å². The molecule has 0 bridgehead atoms. The number of aromatic amines is 1. The summed E-state index contributed by atoms with van der Waals surface area (Å²) in [4.78, 5) is 35.7. The highest BCUT2D eigenvalue weighted by Gasteiger charge is 2.07. The number of carbonyl (C=O) groups is 1. The number of hydrogen-bond acceptors (Lipinski definition) is 3. The summed E-state index contributed by atoms with van der Waals surface area (Å²) in [5.74, 6) is -0.332. The number of H-pyrrole nitrogens is 1. The number of hydrogen-bond donors (Lipinski definition) is 1. The minimum absolute atomic E-state index is 0.0331. The van der Waals surface area contributed by atoms with E-state index in [1.54, 1.807) is 0 Å². The summed E-state index contributed by atoms with van der Waals surface area (Å²) in [7, 11) is 0. The van der Waals surface area contributed by atoms with E-state index in [9.17, 15) is 14.4 Å². The van der Waals surface area contributed by atoms with Gasteiger partial charge in [0, 0.05) is 12.7 Å². The Hall–Kier alpha value is -1.65. The lowest BCUT2D eigenvalue weighted by atomic mass is 10.2. The highest BCUT2D eigenvalue weighted by atomic mass is 16.2. The summed E-state index contributed by atoms with van der Waals surface area (Å²) < 4.78 is 1.36. The maximum absolute atomic E-state index is 11.3. The summed E-state index contributed by atoms with van der Waals surface area (Å²) in [6.45, 7) is 3.83. The largest absolute Gasteiger partial charge is 0.328 e. The van der Waals surface area contributed by atoms with Gasteiger partial charge in [0.2, 0.25) is 0 Å². The molecule has 1 aromatic heterocycles. The van der Waals surface area contributed by atoms with Gasteiger partial charge in [-0.15, -0.1) is 0 Å². The van der Waals surface area contributed by atoms with Crippen LogP contribution in [0.2, 0.25) is 0 Å². The lowest BCUT2D eigenvalue weighted by molar-refractivity contribution is 0.101. The average molecular weight is 210 g/mol. The Morgan fingerprint density at radius 3 is 2.67 bits per heavy atom. The second-order valence-electron chi connectivity index (χ2n) is 3.41. The molecular weight excluding hydrogens is 196 g/mol. The van der Waals surface area contributed by atoms with Crippen LogP contribution in [0.25, 0.3) is 0 Å². The molecule has 1 aromatic rings. The van der Waals surface area contributed by atoms with Crippen LogP contribution in [-0.4, -0.2) is 15.3 Å². The molecule has 0 aromatic carbocycles. The van der Waals surface area contributed by atoms with E-state index in [0.29, 0.717) is 6.54 Å². The fourth-order valence-corrected chi connectivity index (χ4v) is 1.25. The minimum Gasteiger partial charge on any atom is -0.300 e. The summed E-state index contributed by atoms with van der Waals surface area (Å²) >= 11 is 0. The van der Waals surface area contributed by atoms with Crippen LogP contribution < -0.4 is 11.2 Å². The Morgan fingerprint density at radius 2 is 2.13 bits per heavy atom. The standard InChI is InChI=1S/C10H14N2O3/c1-3-4-5-12-6-8(7(2)13)9(14)11-10(12)15/h6H,3-5H2,1-2H3,(H,11,14,15). The molecule has 0 saturated heterocycles. The highest BCUT2D eigenvalue weighted by Crippen LogP contribution is 1.93. The van der Waals surface area contributed by atoms with Crippen molar-refractivity contribution in [2.45, 2.75) is 33.2 Å². The van der Waals surface area contributed by atoms with Crippen molar-refractivity contribution in [2.75, 3.05) is 0 Å². The van der Waals surface area contributed by atoms with Gasteiger partial charge in [-0.2, -0.15) is 0 Å². The lowest BCUT2D eigenvalue weighted by Crippen LogP contribution is -2.32. The van der Waals surface area contributed by atoms with Gasteiger partial charge in [-0.3, -0.25) is 19.1 Å². The third-order valence-corrected chi connectivity index (χ3v) is 2.14.